The van der Waals surface area contributed by atoms with E-state index in [2.05, 4.69) is 20.6 Å². The maximum absolute atomic E-state index is 11.7. The van der Waals surface area contributed by atoms with Gasteiger partial charge in [0.25, 0.3) is 5.91 Å². The molecule has 0 radical (unpaired) electrons. The summed E-state index contributed by atoms with van der Waals surface area (Å²) in [5.41, 5.74) is 7.67. The molecule has 0 fully saturated rings. The number of carbonyl (C=O) groups is 1. The Hall–Kier alpha value is -3.32. The number of aromatic nitrogens is 2. The second-order valence-electron chi connectivity index (χ2n) is 6.12. The topological polar surface area (TPSA) is 113 Å². The Morgan fingerprint density at radius 2 is 1.89 bits per heavy atom. The highest BCUT2D eigenvalue weighted by atomic mass is 35.5. The van der Waals surface area contributed by atoms with Crippen molar-refractivity contribution in [3.63, 3.8) is 0 Å². The second-order valence-corrected chi connectivity index (χ2v) is 6.53. The molecule has 0 atom stereocenters. The van der Waals surface area contributed by atoms with Crippen LogP contribution in [0.1, 0.15) is 21.5 Å². The summed E-state index contributed by atoms with van der Waals surface area (Å²) in [5.74, 6) is 0.214. The number of hydrogen-bond donors (Lipinski definition) is 4. The van der Waals surface area contributed by atoms with Gasteiger partial charge in [-0.2, -0.15) is 4.98 Å². The van der Waals surface area contributed by atoms with E-state index in [0.29, 0.717) is 36.3 Å². The molecule has 1 amide bonds. The van der Waals surface area contributed by atoms with E-state index in [4.69, 9.17) is 17.3 Å². The van der Waals surface area contributed by atoms with Crippen LogP contribution < -0.4 is 16.4 Å². The van der Waals surface area contributed by atoms with E-state index >= 15 is 0 Å². The van der Waals surface area contributed by atoms with Gasteiger partial charge in [-0.25, -0.2) is 4.98 Å². The number of rotatable bonds is 8. The van der Waals surface area contributed by atoms with Crippen LogP contribution >= 0.6 is 11.6 Å². The van der Waals surface area contributed by atoms with E-state index in [9.17, 15) is 9.90 Å². The van der Waals surface area contributed by atoms with Crippen molar-refractivity contribution in [1.82, 2.24) is 9.97 Å². The molecule has 1 aromatic heterocycles. The summed E-state index contributed by atoms with van der Waals surface area (Å²) < 4.78 is 0. The highest BCUT2D eigenvalue weighted by Gasteiger charge is 2.12. The van der Waals surface area contributed by atoms with Crippen molar-refractivity contribution in [2.75, 3.05) is 17.2 Å². The van der Waals surface area contributed by atoms with Gasteiger partial charge in [0, 0.05) is 19.3 Å². The molecule has 0 bridgehead atoms. The summed E-state index contributed by atoms with van der Waals surface area (Å²) in [6, 6.07) is 14.8. The highest BCUT2D eigenvalue weighted by molar-refractivity contribution is 6.32. The maximum Gasteiger partial charge on any atom is 0.254 e. The van der Waals surface area contributed by atoms with Crippen molar-refractivity contribution >= 4 is 29.3 Å². The Kier molecular flexibility index (Phi) is 6.29. The quantitative estimate of drug-likeness (QED) is 0.464. The van der Waals surface area contributed by atoms with Crippen molar-refractivity contribution in [3.05, 3.63) is 76.4 Å². The summed E-state index contributed by atoms with van der Waals surface area (Å²) >= 11 is 5.92. The zero-order chi connectivity index (χ0) is 19.9. The van der Waals surface area contributed by atoms with E-state index in [1.165, 1.54) is 6.20 Å². The fourth-order valence-corrected chi connectivity index (χ4v) is 2.79. The van der Waals surface area contributed by atoms with Crippen LogP contribution in [-0.2, 0) is 13.0 Å². The van der Waals surface area contributed by atoms with E-state index in [1.54, 1.807) is 18.2 Å². The summed E-state index contributed by atoms with van der Waals surface area (Å²) in [6.07, 6.45) is 2.07. The predicted molar refractivity (Wildman–Crippen MR) is 110 cm³/mol. The van der Waals surface area contributed by atoms with Gasteiger partial charge < -0.3 is 21.5 Å². The summed E-state index contributed by atoms with van der Waals surface area (Å²) in [5, 5.41) is 16.0. The van der Waals surface area contributed by atoms with Gasteiger partial charge in [0.05, 0.1) is 10.6 Å². The summed E-state index contributed by atoms with van der Waals surface area (Å²) in [6.45, 7) is 1.05. The average Bonchev–Trinajstić information content (AvgIpc) is 2.70. The molecule has 0 unspecified atom stereocenters. The van der Waals surface area contributed by atoms with Crippen molar-refractivity contribution in [2.45, 2.75) is 13.0 Å². The third-order valence-electron chi connectivity index (χ3n) is 4.07. The van der Waals surface area contributed by atoms with Gasteiger partial charge in [-0.15, -0.1) is 0 Å². The van der Waals surface area contributed by atoms with E-state index in [1.807, 2.05) is 30.3 Å². The van der Waals surface area contributed by atoms with Crippen LogP contribution in [0.5, 0.6) is 5.75 Å². The molecule has 8 heteroatoms. The number of primary amides is 1. The Morgan fingerprint density at radius 1 is 1.11 bits per heavy atom. The van der Waals surface area contributed by atoms with Gasteiger partial charge in [-0.3, -0.25) is 4.79 Å². The molecule has 144 valence electrons. The Morgan fingerprint density at radius 3 is 2.61 bits per heavy atom. The molecule has 2 aromatic carbocycles. The van der Waals surface area contributed by atoms with Gasteiger partial charge in [0.1, 0.15) is 11.6 Å². The molecule has 0 aliphatic rings. The number of phenolic OH excluding ortho intramolecular Hbond substituents is 1. The summed E-state index contributed by atoms with van der Waals surface area (Å²) in [4.78, 5) is 20.2. The Bertz CT molecular complexity index is 966. The third kappa shape index (κ3) is 5.11. The minimum atomic E-state index is -0.596. The standard InChI is InChI=1S/C20H20ClN5O2/c21-16-10-13(6-7-17(16)27)8-9-23-20-25-12-15(18(22)28)19(26-20)24-11-14-4-2-1-3-5-14/h1-7,10,12,27H,8-9,11H2,(H2,22,28)(H2,23,24,25,26). The number of nitrogens with zero attached hydrogens (tertiary/aromatic N) is 2. The number of anilines is 2. The Labute approximate surface area is 167 Å². The first-order chi connectivity index (χ1) is 13.5. The van der Waals surface area contributed by atoms with E-state index in [0.717, 1.165) is 11.1 Å². The van der Waals surface area contributed by atoms with Gasteiger partial charge in [0.15, 0.2) is 0 Å². The molecule has 1 heterocycles. The van der Waals surface area contributed by atoms with Crippen LogP contribution in [0.4, 0.5) is 11.8 Å². The number of halogens is 1. The predicted octanol–water partition coefficient (Wildman–Crippen LogP) is 3.20. The van der Waals surface area contributed by atoms with Gasteiger partial charge in [0.2, 0.25) is 5.95 Å². The minimum Gasteiger partial charge on any atom is -0.506 e. The number of hydrogen-bond acceptors (Lipinski definition) is 6. The SMILES string of the molecule is NC(=O)c1cnc(NCCc2ccc(O)c(Cl)c2)nc1NCc1ccccc1. The maximum atomic E-state index is 11.7. The number of amides is 1. The Balaban J connectivity index is 1.65. The second kappa shape index (κ2) is 9.05. The van der Waals surface area contributed by atoms with Crippen LogP contribution in [0, 0.1) is 0 Å². The first kappa shape index (κ1) is 19.4. The lowest BCUT2D eigenvalue weighted by molar-refractivity contribution is 0.100. The van der Waals surface area contributed by atoms with Crippen LogP contribution in [0.15, 0.2) is 54.7 Å². The zero-order valence-electron chi connectivity index (χ0n) is 15.0. The molecule has 28 heavy (non-hydrogen) atoms. The molecule has 0 spiro atoms. The fourth-order valence-electron chi connectivity index (χ4n) is 2.59. The first-order valence-electron chi connectivity index (χ1n) is 8.69. The van der Waals surface area contributed by atoms with Crippen molar-refractivity contribution in [3.8, 4) is 5.75 Å². The summed E-state index contributed by atoms with van der Waals surface area (Å²) in [7, 11) is 0. The van der Waals surface area contributed by atoms with Crippen molar-refractivity contribution in [1.29, 1.82) is 0 Å². The van der Waals surface area contributed by atoms with Gasteiger partial charge in [-0.1, -0.05) is 48.0 Å². The van der Waals surface area contributed by atoms with Crippen LogP contribution in [-0.4, -0.2) is 27.5 Å². The molecule has 0 aliphatic heterocycles. The molecule has 7 nitrogen and oxygen atoms in total. The minimum absolute atomic E-state index is 0.0536. The monoisotopic (exact) mass is 397 g/mol. The number of carbonyl (C=O) groups excluding carboxylic acids is 1. The normalized spacial score (nSPS) is 10.5. The van der Waals surface area contributed by atoms with Crippen LogP contribution in [0.3, 0.4) is 0 Å². The van der Waals surface area contributed by atoms with Crippen LogP contribution in [0.25, 0.3) is 0 Å². The molecule has 0 saturated heterocycles. The molecular formula is C20H20ClN5O2. The fraction of sp³-hybridized carbons (Fsp3) is 0.150. The van der Waals surface area contributed by atoms with Crippen molar-refractivity contribution < 1.29 is 9.90 Å². The molecular weight excluding hydrogens is 378 g/mol. The number of benzene rings is 2. The molecule has 3 rings (SSSR count). The van der Waals surface area contributed by atoms with E-state index in [-0.39, 0.29) is 11.3 Å². The number of aromatic hydroxyl groups is 1. The third-order valence-corrected chi connectivity index (χ3v) is 4.37. The first-order valence-corrected chi connectivity index (χ1v) is 9.06. The number of nitrogens with one attached hydrogen (secondary N) is 2. The van der Waals surface area contributed by atoms with Gasteiger partial charge in [-0.05, 0) is 29.7 Å². The smallest absolute Gasteiger partial charge is 0.254 e. The number of phenols is 1. The average molecular weight is 398 g/mol. The highest BCUT2D eigenvalue weighted by Crippen LogP contribution is 2.23. The molecule has 3 aromatic rings. The van der Waals surface area contributed by atoms with Crippen molar-refractivity contribution in [2.24, 2.45) is 5.73 Å². The van der Waals surface area contributed by atoms with Gasteiger partial charge >= 0.3 is 0 Å². The number of nitrogens with two attached hydrogens (primary N) is 1. The largest absolute Gasteiger partial charge is 0.506 e. The molecule has 5 N–H and O–H groups in total. The van der Waals surface area contributed by atoms with E-state index < -0.39 is 5.91 Å². The molecule has 0 aliphatic carbocycles. The lowest BCUT2D eigenvalue weighted by atomic mass is 10.1. The zero-order valence-corrected chi connectivity index (χ0v) is 15.8. The molecule has 0 saturated carbocycles. The lowest BCUT2D eigenvalue weighted by Gasteiger charge is -2.12. The van der Waals surface area contributed by atoms with Crippen LogP contribution in [0.2, 0.25) is 5.02 Å². The lowest BCUT2D eigenvalue weighted by Crippen LogP contribution is -2.18.